The Morgan fingerprint density at radius 1 is 1.19 bits per heavy atom. The van der Waals surface area contributed by atoms with Gasteiger partial charge in [0, 0.05) is 15.5 Å². The number of H-pyrrole nitrogens is 1. The number of halogens is 1. The second-order valence-electron chi connectivity index (χ2n) is 5.42. The summed E-state index contributed by atoms with van der Waals surface area (Å²) in [4.78, 5) is 17.9. The number of anilines is 1. The third-order valence-corrected chi connectivity index (χ3v) is 5.61. The number of hydrogen-bond donors (Lipinski definition) is 2. The Morgan fingerprint density at radius 2 is 1.92 bits per heavy atom. The van der Waals surface area contributed by atoms with E-state index < -0.39 is 0 Å². The number of rotatable bonds is 6. The molecule has 0 aliphatic carbocycles. The number of thioether (sulfide) groups is 2. The molecule has 1 unspecified atom stereocenters. The molecule has 134 valence electrons. The van der Waals surface area contributed by atoms with Gasteiger partial charge in [-0.1, -0.05) is 35.5 Å². The number of amides is 1. The lowest BCUT2D eigenvalue weighted by atomic mass is 10.2. The van der Waals surface area contributed by atoms with Crippen molar-refractivity contribution in [2.75, 3.05) is 11.6 Å². The van der Waals surface area contributed by atoms with E-state index >= 15 is 0 Å². The molecule has 1 heterocycles. The summed E-state index contributed by atoms with van der Waals surface area (Å²) in [6.07, 6.45) is 1.98. The molecule has 2 N–H and O–H groups in total. The molecule has 0 fully saturated rings. The van der Waals surface area contributed by atoms with Crippen molar-refractivity contribution >= 4 is 46.7 Å². The van der Waals surface area contributed by atoms with Crippen molar-refractivity contribution < 1.29 is 4.79 Å². The molecule has 26 heavy (non-hydrogen) atoms. The molecule has 2 aromatic carbocycles. The Hall–Kier alpha value is -1.96. The average molecular weight is 405 g/mol. The number of hydrogen-bond acceptors (Lipinski definition) is 5. The second kappa shape index (κ2) is 8.62. The Labute approximate surface area is 165 Å². The van der Waals surface area contributed by atoms with Gasteiger partial charge in [-0.2, -0.15) is 0 Å². The van der Waals surface area contributed by atoms with Crippen molar-refractivity contribution in [2.24, 2.45) is 0 Å². The summed E-state index contributed by atoms with van der Waals surface area (Å²) in [5.74, 6) is 0.554. The first-order valence-electron chi connectivity index (χ1n) is 7.85. The first kappa shape index (κ1) is 18.8. The van der Waals surface area contributed by atoms with Crippen LogP contribution in [0.1, 0.15) is 6.92 Å². The third-order valence-electron chi connectivity index (χ3n) is 3.60. The molecule has 3 rings (SSSR count). The highest BCUT2D eigenvalue weighted by atomic mass is 35.5. The molecule has 1 aromatic heterocycles. The summed E-state index contributed by atoms with van der Waals surface area (Å²) in [7, 11) is 0. The topological polar surface area (TPSA) is 70.7 Å². The second-order valence-corrected chi connectivity index (χ2v) is 8.02. The van der Waals surface area contributed by atoms with E-state index in [-0.39, 0.29) is 11.2 Å². The lowest BCUT2D eigenvalue weighted by Gasteiger charge is -2.12. The van der Waals surface area contributed by atoms with Crippen LogP contribution >= 0.6 is 35.1 Å². The van der Waals surface area contributed by atoms with Gasteiger partial charge in [0.15, 0.2) is 5.82 Å². The van der Waals surface area contributed by atoms with Crippen molar-refractivity contribution in [3.63, 3.8) is 0 Å². The number of nitrogens with zero attached hydrogens (tertiary/aromatic N) is 2. The van der Waals surface area contributed by atoms with Crippen molar-refractivity contribution in [1.82, 2.24) is 15.2 Å². The monoisotopic (exact) mass is 404 g/mol. The SMILES string of the molecule is CSc1ccccc1NC(=O)C(C)Sc1n[nH]c(-c2ccc(Cl)cc2)n1. The van der Waals surface area contributed by atoms with Crippen LogP contribution in [0.5, 0.6) is 0 Å². The molecule has 3 aromatic rings. The minimum atomic E-state index is -0.334. The number of carbonyl (C=O) groups is 1. The molecule has 0 saturated carbocycles. The van der Waals surface area contributed by atoms with E-state index in [0.29, 0.717) is 16.0 Å². The summed E-state index contributed by atoms with van der Waals surface area (Å²) < 4.78 is 0. The molecule has 0 saturated heterocycles. The number of aromatic nitrogens is 3. The molecular weight excluding hydrogens is 388 g/mol. The fourth-order valence-electron chi connectivity index (χ4n) is 2.23. The molecule has 0 radical (unpaired) electrons. The van der Waals surface area contributed by atoms with Crippen LogP contribution < -0.4 is 5.32 Å². The van der Waals surface area contributed by atoms with Crippen LogP contribution in [0, 0.1) is 0 Å². The van der Waals surface area contributed by atoms with Gasteiger partial charge < -0.3 is 5.32 Å². The van der Waals surface area contributed by atoms with Crippen LogP contribution in [0.4, 0.5) is 5.69 Å². The molecule has 0 aliphatic heterocycles. The van der Waals surface area contributed by atoms with Gasteiger partial charge in [0.25, 0.3) is 0 Å². The quantitative estimate of drug-likeness (QED) is 0.568. The molecular formula is C18H17ClN4OS2. The molecule has 0 bridgehead atoms. The van der Waals surface area contributed by atoms with Crippen LogP contribution in [-0.2, 0) is 4.79 Å². The first-order chi connectivity index (χ1) is 12.6. The fraction of sp³-hybridized carbons (Fsp3) is 0.167. The Balaban J connectivity index is 1.65. The van der Waals surface area contributed by atoms with Crippen LogP contribution in [0.2, 0.25) is 5.02 Å². The first-order valence-corrected chi connectivity index (χ1v) is 10.3. The van der Waals surface area contributed by atoms with Crippen LogP contribution in [0.25, 0.3) is 11.4 Å². The number of para-hydroxylation sites is 1. The van der Waals surface area contributed by atoms with Crippen molar-refractivity contribution in [3.8, 4) is 11.4 Å². The van der Waals surface area contributed by atoms with Gasteiger partial charge in [0.05, 0.1) is 10.9 Å². The Morgan fingerprint density at radius 3 is 2.65 bits per heavy atom. The third kappa shape index (κ3) is 4.60. The van der Waals surface area contributed by atoms with Crippen LogP contribution in [0.3, 0.4) is 0 Å². The van der Waals surface area contributed by atoms with Gasteiger partial charge in [0.2, 0.25) is 11.1 Å². The van der Waals surface area contributed by atoms with Gasteiger partial charge in [0.1, 0.15) is 0 Å². The van der Waals surface area contributed by atoms with Gasteiger partial charge in [-0.25, -0.2) is 4.98 Å². The Bertz CT molecular complexity index is 898. The number of benzene rings is 2. The van der Waals surface area contributed by atoms with Gasteiger partial charge in [-0.05, 0) is 49.6 Å². The van der Waals surface area contributed by atoms with E-state index in [1.54, 1.807) is 23.9 Å². The summed E-state index contributed by atoms with van der Waals surface area (Å²) >= 11 is 8.80. The van der Waals surface area contributed by atoms with Gasteiger partial charge >= 0.3 is 0 Å². The molecule has 1 atom stereocenters. The fourth-order valence-corrected chi connectivity index (χ4v) is 3.63. The summed E-state index contributed by atoms with van der Waals surface area (Å²) in [6, 6.07) is 15.1. The van der Waals surface area contributed by atoms with E-state index in [0.717, 1.165) is 16.1 Å². The van der Waals surface area contributed by atoms with Gasteiger partial charge in [-0.15, -0.1) is 16.9 Å². The summed E-state index contributed by atoms with van der Waals surface area (Å²) in [6.45, 7) is 1.83. The normalized spacial score (nSPS) is 12.0. The predicted octanol–water partition coefficient (Wildman–Crippen LogP) is 4.97. The summed E-state index contributed by atoms with van der Waals surface area (Å²) in [5.41, 5.74) is 1.70. The van der Waals surface area contributed by atoms with Crippen LogP contribution in [-0.4, -0.2) is 32.6 Å². The highest BCUT2D eigenvalue weighted by Gasteiger charge is 2.18. The number of carbonyl (C=O) groups excluding carboxylic acids is 1. The highest BCUT2D eigenvalue weighted by molar-refractivity contribution is 8.00. The van der Waals surface area contributed by atoms with Crippen molar-refractivity contribution in [1.29, 1.82) is 0 Å². The molecule has 0 spiro atoms. The Kier molecular flexibility index (Phi) is 6.24. The zero-order chi connectivity index (χ0) is 18.5. The molecule has 1 amide bonds. The lowest BCUT2D eigenvalue weighted by Crippen LogP contribution is -2.22. The van der Waals surface area contributed by atoms with E-state index in [2.05, 4.69) is 20.5 Å². The summed E-state index contributed by atoms with van der Waals surface area (Å²) in [5, 5.41) is 10.9. The maximum absolute atomic E-state index is 12.5. The molecule has 5 nitrogen and oxygen atoms in total. The maximum atomic E-state index is 12.5. The number of aromatic amines is 1. The predicted molar refractivity (Wildman–Crippen MR) is 109 cm³/mol. The van der Waals surface area contributed by atoms with E-state index in [9.17, 15) is 4.79 Å². The molecule has 0 aliphatic rings. The van der Waals surface area contributed by atoms with E-state index in [1.807, 2.05) is 49.6 Å². The van der Waals surface area contributed by atoms with Crippen LogP contribution in [0.15, 0.2) is 58.6 Å². The minimum Gasteiger partial charge on any atom is -0.324 e. The highest BCUT2D eigenvalue weighted by Crippen LogP contribution is 2.27. The van der Waals surface area contributed by atoms with Crippen molar-refractivity contribution in [3.05, 3.63) is 53.6 Å². The number of nitrogens with one attached hydrogen (secondary N) is 2. The molecule has 8 heteroatoms. The minimum absolute atomic E-state index is 0.0886. The largest absolute Gasteiger partial charge is 0.324 e. The van der Waals surface area contributed by atoms with Crippen molar-refractivity contribution in [2.45, 2.75) is 22.2 Å². The van der Waals surface area contributed by atoms with E-state index in [4.69, 9.17) is 11.6 Å². The average Bonchev–Trinajstić information content (AvgIpc) is 3.11. The zero-order valence-electron chi connectivity index (χ0n) is 14.2. The maximum Gasteiger partial charge on any atom is 0.237 e. The standard InChI is InChI=1S/C18H17ClN4OS2/c1-11(17(24)20-14-5-3-4-6-15(14)25-2)26-18-21-16(22-23-18)12-7-9-13(19)10-8-12/h3-11H,1-2H3,(H,20,24)(H,21,22,23). The lowest BCUT2D eigenvalue weighted by molar-refractivity contribution is -0.115. The van der Waals surface area contributed by atoms with Gasteiger partial charge in [-0.3, -0.25) is 9.89 Å². The zero-order valence-corrected chi connectivity index (χ0v) is 16.6. The van der Waals surface area contributed by atoms with E-state index in [1.165, 1.54) is 11.8 Å². The smallest absolute Gasteiger partial charge is 0.237 e.